The zero-order chi connectivity index (χ0) is 18.7. The van der Waals surface area contributed by atoms with Gasteiger partial charge < -0.3 is 10.1 Å². The lowest BCUT2D eigenvalue weighted by Gasteiger charge is -2.33. The summed E-state index contributed by atoms with van der Waals surface area (Å²) in [4.78, 5) is 15.2. The van der Waals surface area contributed by atoms with Crippen molar-refractivity contribution in [2.45, 2.75) is 96.0 Å². The minimum atomic E-state index is -0.674. The first-order valence-corrected chi connectivity index (χ1v) is 10.9. The van der Waals surface area contributed by atoms with E-state index < -0.39 is 5.60 Å². The van der Waals surface area contributed by atoms with Crippen LogP contribution in [0.1, 0.15) is 76.1 Å². The molecule has 4 rings (SSSR count). The van der Waals surface area contributed by atoms with Crippen LogP contribution >= 0.6 is 0 Å². The van der Waals surface area contributed by atoms with Gasteiger partial charge in [-0.15, -0.1) is 0 Å². The van der Waals surface area contributed by atoms with Crippen LogP contribution in [0.5, 0.6) is 0 Å². The monoisotopic (exact) mass is 374 g/mol. The van der Waals surface area contributed by atoms with E-state index in [1.807, 2.05) is 6.92 Å². The summed E-state index contributed by atoms with van der Waals surface area (Å²) in [5.41, 5.74) is 1.58. The van der Waals surface area contributed by atoms with Gasteiger partial charge in [-0.05, 0) is 51.5 Å². The van der Waals surface area contributed by atoms with Crippen molar-refractivity contribution < 1.29 is 9.53 Å². The number of nitrogens with zero attached hydrogens (tertiary/aromatic N) is 3. The van der Waals surface area contributed by atoms with E-state index in [2.05, 4.69) is 21.0 Å². The molecule has 1 atom stereocenters. The number of fused-ring (bicyclic) bond motifs is 1. The fraction of sp³-hybridized carbons (Fsp3) is 0.810. The molecule has 2 aliphatic heterocycles. The Morgan fingerprint density at radius 2 is 2.07 bits per heavy atom. The number of rotatable bonds is 4. The van der Waals surface area contributed by atoms with Gasteiger partial charge in [0.05, 0.1) is 17.9 Å². The predicted molar refractivity (Wildman–Crippen MR) is 104 cm³/mol. The SMILES string of the molecule is C[C@@]1(C(=O)NCc2cc3n(n2)CCCN(C2CCCCC2)C3)CCCCO1. The van der Waals surface area contributed by atoms with Gasteiger partial charge in [-0.1, -0.05) is 19.3 Å². The van der Waals surface area contributed by atoms with Gasteiger partial charge in [0.1, 0.15) is 5.60 Å². The molecule has 1 saturated carbocycles. The molecule has 1 N–H and O–H groups in total. The first-order chi connectivity index (χ1) is 13.1. The van der Waals surface area contributed by atoms with Crippen LogP contribution in [-0.2, 0) is 29.2 Å². The maximum Gasteiger partial charge on any atom is 0.252 e. The third-order valence-electron chi connectivity index (χ3n) is 6.56. The number of ether oxygens (including phenoxy) is 1. The molecule has 0 spiro atoms. The molecule has 3 heterocycles. The smallest absolute Gasteiger partial charge is 0.252 e. The highest BCUT2D eigenvalue weighted by Crippen LogP contribution is 2.27. The minimum Gasteiger partial charge on any atom is -0.365 e. The number of amides is 1. The minimum absolute atomic E-state index is 0.00535. The maximum atomic E-state index is 12.6. The topological polar surface area (TPSA) is 59.4 Å². The summed E-state index contributed by atoms with van der Waals surface area (Å²) in [6.45, 7) is 6.22. The Morgan fingerprint density at radius 1 is 1.22 bits per heavy atom. The molecule has 0 bridgehead atoms. The number of carbonyl (C=O) groups is 1. The van der Waals surface area contributed by atoms with E-state index in [-0.39, 0.29) is 5.91 Å². The van der Waals surface area contributed by atoms with E-state index in [4.69, 9.17) is 9.84 Å². The molecule has 1 saturated heterocycles. The normalized spacial score (nSPS) is 27.7. The molecule has 150 valence electrons. The van der Waals surface area contributed by atoms with Gasteiger partial charge in [0.2, 0.25) is 0 Å². The first-order valence-electron chi connectivity index (χ1n) is 10.9. The maximum absolute atomic E-state index is 12.6. The number of hydrogen-bond donors (Lipinski definition) is 1. The summed E-state index contributed by atoms with van der Waals surface area (Å²) in [5.74, 6) is -0.00535. The van der Waals surface area contributed by atoms with Gasteiger partial charge in [-0.25, -0.2) is 0 Å². The van der Waals surface area contributed by atoms with Gasteiger partial charge >= 0.3 is 0 Å². The molecule has 0 radical (unpaired) electrons. The Kier molecular flexibility index (Phi) is 5.83. The second-order valence-electron chi connectivity index (χ2n) is 8.69. The predicted octanol–water partition coefficient (Wildman–Crippen LogP) is 3.00. The fourth-order valence-corrected chi connectivity index (χ4v) is 4.86. The number of aryl methyl sites for hydroxylation is 1. The van der Waals surface area contributed by atoms with Crippen LogP contribution in [-0.4, -0.2) is 45.4 Å². The average Bonchev–Trinajstić information content (AvgIpc) is 2.97. The van der Waals surface area contributed by atoms with Crippen LogP contribution in [0.2, 0.25) is 0 Å². The van der Waals surface area contributed by atoms with Gasteiger partial charge in [0.15, 0.2) is 0 Å². The standard InChI is InChI=1S/C21H34N4O2/c1-21(10-5-6-13-27-21)20(26)22-15-17-14-19-16-24(11-7-12-25(19)23-17)18-8-3-2-4-9-18/h14,18H,2-13,15-16H2,1H3,(H,22,26)/t21-/m0/s1. The molecule has 6 heteroatoms. The summed E-state index contributed by atoms with van der Waals surface area (Å²) in [6.07, 6.45) is 10.9. The van der Waals surface area contributed by atoms with E-state index in [1.54, 1.807) is 0 Å². The summed E-state index contributed by atoms with van der Waals surface area (Å²) < 4.78 is 7.91. The molecular weight excluding hydrogens is 340 g/mol. The highest BCUT2D eigenvalue weighted by atomic mass is 16.5. The molecule has 1 aromatic rings. The summed E-state index contributed by atoms with van der Waals surface area (Å²) >= 11 is 0. The molecule has 6 nitrogen and oxygen atoms in total. The van der Waals surface area contributed by atoms with Crippen LogP contribution in [0.25, 0.3) is 0 Å². The van der Waals surface area contributed by atoms with Crippen molar-refractivity contribution in [2.24, 2.45) is 0 Å². The number of hydrogen-bond acceptors (Lipinski definition) is 4. The van der Waals surface area contributed by atoms with Crippen LogP contribution in [0.3, 0.4) is 0 Å². The molecule has 0 aromatic carbocycles. The van der Waals surface area contributed by atoms with Crippen molar-refractivity contribution in [1.29, 1.82) is 0 Å². The lowest BCUT2D eigenvalue weighted by Crippen LogP contribution is -2.48. The van der Waals surface area contributed by atoms with Crippen LogP contribution in [0, 0.1) is 0 Å². The van der Waals surface area contributed by atoms with Crippen molar-refractivity contribution in [3.63, 3.8) is 0 Å². The summed E-state index contributed by atoms with van der Waals surface area (Å²) in [6, 6.07) is 2.93. The molecule has 0 unspecified atom stereocenters. The van der Waals surface area contributed by atoms with Crippen LogP contribution in [0.15, 0.2) is 6.07 Å². The highest BCUT2D eigenvalue weighted by molar-refractivity contribution is 5.84. The Hall–Kier alpha value is -1.40. The quantitative estimate of drug-likeness (QED) is 0.880. The van der Waals surface area contributed by atoms with E-state index in [0.29, 0.717) is 13.2 Å². The van der Waals surface area contributed by atoms with Gasteiger partial charge in [0.25, 0.3) is 5.91 Å². The third-order valence-corrected chi connectivity index (χ3v) is 6.56. The molecule has 1 amide bonds. The van der Waals surface area contributed by atoms with Crippen LogP contribution < -0.4 is 5.32 Å². The van der Waals surface area contributed by atoms with Crippen molar-refractivity contribution in [3.8, 4) is 0 Å². The number of carbonyl (C=O) groups excluding carboxylic acids is 1. The zero-order valence-corrected chi connectivity index (χ0v) is 16.7. The molecule has 3 aliphatic rings. The van der Waals surface area contributed by atoms with Gasteiger partial charge in [-0.2, -0.15) is 5.10 Å². The molecule has 2 fully saturated rings. The van der Waals surface area contributed by atoms with Gasteiger partial charge in [0, 0.05) is 32.3 Å². The Morgan fingerprint density at radius 3 is 2.85 bits per heavy atom. The third kappa shape index (κ3) is 4.37. The molecule has 1 aliphatic carbocycles. The number of nitrogens with one attached hydrogen (secondary N) is 1. The largest absolute Gasteiger partial charge is 0.365 e. The summed E-state index contributed by atoms with van der Waals surface area (Å²) in [5, 5.41) is 7.82. The fourth-order valence-electron chi connectivity index (χ4n) is 4.86. The first kappa shape index (κ1) is 18.9. The number of aromatic nitrogens is 2. The molecule has 27 heavy (non-hydrogen) atoms. The summed E-state index contributed by atoms with van der Waals surface area (Å²) in [7, 11) is 0. The van der Waals surface area contributed by atoms with E-state index in [9.17, 15) is 4.79 Å². The van der Waals surface area contributed by atoms with Crippen molar-refractivity contribution in [3.05, 3.63) is 17.5 Å². The van der Waals surface area contributed by atoms with Crippen molar-refractivity contribution in [2.75, 3.05) is 13.2 Å². The highest BCUT2D eigenvalue weighted by Gasteiger charge is 2.35. The molecular formula is C21H34N4O2. The van der Waals surface area contributed by atoms with E-state index in [1.165, 1.54) is 44.3 Å². The van der Waals surface area contributed by atoms with E-state index in [0.717, 1.165) is 50.5 Å². The van der Waals surface area contributed by atoms with Gasteiger partial charge in [-0.3, -0.25) is 14.4 Å². The second kappa shape index (κ2) is 8.31. The lowest BCUT2D eigenvalue weighted by molar-refractivity contribution is -0.150. The zero-order valence-electron chi connectivity index (χ0n) is 16.7. The Balaban J connectivity index is 1.36. The van der Waals surface area contributed by atoms with Crippen LogP contribution in [0.4, 0.5) is 0 Å². The van der Waals surface area contributed by atoms with E-state index >= 15 is 0 Å². The molecule has 1 aromatic heterocycles. The lowest BCUT2D eigenvalue weighted by atomic mass is 9.94. The second-order valence-corrected chi connectivity index (χ2v) is 8.69. The Bertz CT molecular complexity index is 645. The Labute approximate surface area is 162 Å². The van der Waals surface area contributed by atoms with Crippen molar-refractivity contribution in [1.82, 2.24) is 20.0 Å². The average molecular weight is 375 g/mol. The van der Waals surface area contributed by atoms with Crippen molar-refractivity contribution >= 4 is 5.91 Å².